The molecule has 2 rings (SSSR count). The van der Waals surface area contributed by atoms with Crippen molar-refractivity contribution in [3.05, 3.63) is 16.2 Å². The lowest BCUT2D eigenvalue weighted by Crippen LogP contribution is -2.30. The van der Waals surface area contributed by atoms with Crippen LogP contribution in [-0.2, 0) is 0 Å². The van der Waals surface area contributed by atoms with E-state index in [4.69, 9.17) is 4.74 Å². The third kappa shape index (κ3) is 3.84. The molecule has 0 amide bonds. The van der Waals surface area contributed by atoms with Gasteiger partial charge in [0.1, 0.15) is 0 Å². The van der Waals surface area contributed by atoms with Crippen LogP contribution in [0.25, 0.3) is 0 Å². The molecule has 2 N–H and O–H groups in total. The molecular weight excluding hydrogens is 328 g/mol. The number of ether oxygens (including phenoxy) is 1. The molecule has 6 heteroatoms. The summed E-state index contributed by atoms with van der Waals surface area (Å²) < 4.78 is 9.75. The van der Waals surface area contributed by atoms with Gasteiger partial charge in [-0.05, 0) is 66.0 Å². The molecule has 0 atom stereocenters. The van der Waals surface area contributed by atoms with Gasteiger partial charge in [-0.15, -0.1) is 0 Å². The van der Waals surface area contributed by atoms with E-state index >= 15 is 0 Å². The van der Waals surface area contributed by atoms with E-state index in [2.05, 4.69) is 25.6 Å². The summed E-state index contributed by atoms with van der Waals surface area (Å²) in [6.07, 6.45) is 5.42. The number of nitrogens with one attached hydrogen (secondary N) is 1. The second kappa shape index (κ2) is 6.92. The molecule has 1 aliphatic carbocycles. The lowest BCUT2D eigenvalue weighted by atomic mass is 9.94. The molecule has 19 heavy (non-hydrogen) atoms. The molecule has 1 aliphatic rings. The number of rotatable bonds is 4. The Labute approximate surface area is 126 Å². The summed E-state index contributed by atoms with van der Waals surface area (Å²) in [5, 5.41) is 9.50. The second-order valence-corrected chi connectivity index (χ2v) is 6.50. The van der Waals surface area contributed by atoms with Crippen molar-refractivity contribution in [1.29, 1.82) is 0 Å². The first-order valence-corrected chi connectivity index (χ1v) is 8.02. The Morgan fingerprint density at radius 2 is 2.11 bits per heavy atom. The number of aliphatic hydroxyl groups excluding tert-OH is 1. The summed E-state index contributed by atoms with van der Waals surface area (Å²) in [5.74, 6) is 0.647. The Kier molecular flexibility index (Phi) is 5.50. The Morgan fingerprint density at radius 1 is 1.42 bits per heavy atom. The van der Waals surface area contributed by atoms with Crippen molar-refractivity contribution < 1.29 is 9.84 Å². The first kappa shape index (κ1) is 15.1. The number of hydrogen-bond acceptors (Lipinski definition) is 5. The molecule has 0 unspecified atom stereocenters. The Bertz CT molecular complexity index is 437. The van der Waals surface area contributed by atoms with E-state index in [0.717, 1.165) is 40.6 Å². The standard InChI is InChI=1S/C13H19BrN2O2S/c1-8-11(14)7-15-13(18-2)12(8)19-16-9-3-5-10(17)6-4-9/h7,9-10,16-17H,3-6H2,1-2H3/t9-,10+. The molecule has 0 saturated heterocycles. The van der Waals surface area contributed by atoms with Crippen LogP contribution < -0.4 is 9.46 Å². The summed E-state index contributed by atoms with van der Waals surface area (Å²) in [6, 6.07) is 0.441. The van der Waals surface area contributed by atoms with E-state index in [1.165, 1.54) is 0 Å². The van der Waals surface area contributed by atoms with Crippen LogP contribution in [0.4, 0.5) is 0 Å². The normalized spacial score (nSPS) is 23.4. The summed E-state index contributed by atoms with van der Waals surface area (Å²) in [7, 11) is 1.64. The van der Waals surface area contributed by atoms with Gasteiger partial charge in [0.25, 0.3) is 0 Å². The predicted molar refractivity (Wildman–Crippen MR) is 80.5 cm³/mol. The van der Waals surface area contributed by atoms with Crippen molar-refractivity contribution in [1.82, 2.24) is 9.71 Å². The van der Waals surface area contributed by atoms with E-state index in [1.54, 1.807) is 25.3 Å². The number of aliphatic hydroxyl groups is 1. The number of methoxy groups -OCH3 is 1. The van der Waals surface area contributed by atoms with Crippen molar-refractivity contribution in [3.63, 3.8) is 0 Å². The van der Waals surface area contributed by atoms with E-state index in [-0.39, 0.29) is 6.10 Å². The first-order valence-electron chi connectivity index (χ1n) is 6.41. The van der Waals surface area contributed by atoms with Crippen molar-refractivity contribution in [2.24, 2.45) is 0 Å². The first-order chi connectivity index (χ1) is 9.11. The average Bonchev–Trinajstić information content (AvgIpc) is 2.42. The molecule has 0 aliphatic heterocycles. The van der Waals surface area contributed by atoms with E-state index < -0.39 is 0 Å². The zero-order valence-corrected chi connectivity index (χ0v) is 13.6. The smallest absolute Gasteiger partial charge is 0.228 e. The topological polar surface area (TPSA) is 54.4 Å². The maximum absolute atomic E-state index is 9.50. The molecule has 106 valence electrons. The van der Waals surface area contributed by atoms with Gasteiger partial charge in [-0.25, -0.2) is 4.98 Å². The Hall–Kier alpha value is -0.300. The lowest BCUT2D eigenvalue weighted by molar-refractivity contribution is 0.121. The van der Waals surface area contributed by atoms with Crippen molar-refractivity contribution in [3.8, 4) is 5.88 Å². The molecule has 1 saturated carbocycles. The van der Waals surface area contributed by atoms with Gasteiger partial charge in [-0.3, -0.25) is 4.72 Å². The highest BCUT2D eigenvalue weighted by Crippen LogP contribution is 2.34. The molecule has 4 nitrogen and oxygen atoms in total. The molecule has 1 fully saturated rings. The summed E-state index contributed by atoms with van der Waals surface area (Å²) in [5.41, 5.74) is 1.13. The largest absolute Gasteiger partial charge is 0.480 e. The van der Waals surface area contributed by atoms with Gasteiger partial charge in [0.05, 0.1) is 18.1 Å². The van der Waals surface area contributed by atoms with Gasteiger partial charge in [0.2, 0.25) is 5.88 Å². The van der Waals surface area contributed by atoms with E-state index in [9.17, 15) is 5.11 Å². The molecular formula is C13H19BrN2O2S. The van der Waals surface area contributed by atoms with Crippen LogP contribution in [0.5, 0.6) is 5.88 Å². The van der Waals surface area contributed by atoms with Crippen molar-refractivity contribution in [2.75, 3.05) is 7.11 Å². The minimum Gasteiger partial charge on any atom is -0.480 e. The zero-order chi connectivity index (χ0) is 13.8. The van der Waals surface area contributed by atoms with Crippen molar-refractivity contribution >= 4 is 27.9 Å². The number of nitrogens with zero attached hydrogens (tertiary/aromatic N) is 1. The molecule has 1 aromatic rings. The van der Waals surface area contributed by atoms with Gasteiger partial charge in [-0.1, -0.05) is 0 Å². The summed E-state index contributed by atoms with van der Waals surface area (Å²) >= 11 is 5.06. The van der Waals surface area contributed by atoms with E-state index in [1.807, 2.05) is 6.92 Å². The van der Waals surface area contributed by atoms with Crippen LogP contribution in [0.15, 0.2) is 15.6 Å². The molecule has 0 spiro atoms. The van der Waals surface area contributed by atoms with Crippen LogP contribution in [0.1, 0.15) is 31.2 Å². The minimum atomic E-state index is -0.119. The van der Waals surface area contributed by atoms with Crippen LogP contribution >= 0.6 is 27.9 Å². The Balaban J connectivity index is 2.01. The van der Waals surface area contributed by atoms with Gasteiger partial charge >= 0.3 is 0 Å². The second-order valence-electron chi connectivity index (χ2n) is 4.79. The fourth-order valence-corrected chi connectivity index (χ4v) is 3.58. The maximum atomic E-state index is 9.50. The summed E-state index contributed by atoms with van der Waals surface area (Å²) in [4.78, 5) is 5.28. The number of pyridine rings is 1. The molecule has 0 aromatic carbocycles. The highest BCUT2D eigenvalue weighted by Gasteiger charge is 2.20. The van der Waals surface area contributed by atoms with Crippen LogP contribution in [0.3, 0.4) is 0 Å². The van der Waals surface area contributed by atoms with Crippen LogP contribution in [-0.4, -0.2) is 29.3 Å². The highest BCUT2D eigenvalue weighted by atomic mass is 79.9. The SMILES string of the molecule is COc1ncc(Br)c(C)c1SN[C@H]1CC[C@@H](O)CC1. The molecule has 1 heterocycles. The fourth-order valence-electron chi connectivity index (χ4n) is 2.14. The van der Waals surface area contributed by atoms with Gasteiger partial charge in [0, 0.05) is 16.7 Å². The van der Waals surface area contributed by atoms with Crippen LogP contribution in [0.2, 0.25) is 0 Å². The number of aromatic nitrogens is 1. The lowest BCUT2D eigenvalue weighted by Gasteiger charge is -2.26. The van der Waals surface area contributed by atoms with Gasteiger partial charge < -0.3 is 9.84 Å². The highest BCUT2D eigenvalue weighted by molar-refractivity contribution is 9.10. The quantitative estimate of drug-likeness (QED) is 0.820. The van der Waals surface area contributed by atoms with E-state index in [0.29, 0.717) is 11.9 Å². The number of halogens is 1. The maximum Gasteiger partial charge on any atom is 0.228 e. The Morgan fingerprint density at radius 3 is 2.74 bits per heavy atom. The van der Waals surface area contributed by atoms with Crippen LogP contribution in [0, 0.1) is 6.92 Å². The predicted octanol–water partition coefficient (Wildman–Crippen LogP) is 3.06. The minimum absolute atomic E-state index is 0.119. The van der Waals surface area contributed by atoms with Gasteiger partial charge in [0.15, 0.2) is 0 Å². The fraction of sp³-hybridized carbons (Fsp3) is 0.615. The monoisotopic (exact) mass is 346 g/mol. The third-order valence-corrected chi connectivity index (χ3v) is 5.34. The van der Waals surface area contributed by atoms with Gasteiger partial charge in [-0.2, -0.15) is 0 Å². The molecule has 1 aromatic heterocycles. The number of hydrogen-bond donors (Lipinski definition) is 2. The third-order valence-electron chi connectivity index (χ3n) is 3.41. The molecule has 0 bridgehead atoms. The average molecular weight is 347 g/mol. The van der Waals surface area contributed by atoms with Crippen molar-refractivity contribution in [2.45, 2.75) is 49.6 Å². The summed E-state index contributed by atoms with van der Waals surface area (Å²) in [6.45, 7) is 2.04. The zero-order valence-electron chi connectivity index (χ0n) is 11.1. The molecule has 0 radical (unpaired) electrons.